The van der Waals surface area contributed by atoms with Gasteiger partial charge in [0, 0.05) is 31.8 Å². The van der Waals surface area contributed by atoms with E-state index in [0.29, 0.717) is 17.7 Å². The van der Waals surface area contributed by atoms with Gasteiger partial charge in [0.1, 0.15) is 0 Å². The molecule has 0 bridgehead atoms. The van der Waals surface area contributed by atoms with Crippen LogP contribution in [0.15, 0.2) is 78.9 Å². The van der Waals surface area contributed by atoms with Crippen LogP contribution in [0.5, 0.6) is 0 Å². The van der Waals surface area contributed by atoms with Gasteiger partial charge >= 0.3 is 0 Å². The number of thiazole rings is 1. The lowest BCUT2D eigenvalue weighted by molar-refractivity contribution is -0.121. The van der Waals surface area contributed by atoms with Crippen molar-refractivity contribution in [1.29, 1.82) is 0 Å². The third kappa shape index (κ3) is 4.41. The monoisotopic (exact) mass is 443 g/mol. The van der Waals surface area contributed by atoms with Crippen LogP contribution in [-0.2, 0) is 16.6 Å². The van der Waals surface area contributed by atoms with Crippen molar-refractivity contribution in [3.8, 4) is 0 Å². The summed E-state index contributed by atoms with van der Waals surface area (Å²) in [6.07, 6.45) is 0.486. The van der Waals surface area contributed by atoms with Crippen LogP contribution >= 0.6 is 11.3 Å². The minimum atomic E-state index is -0.812. The summed E-state index contributed by atoms with van der Waals surface area (Å²) in [4.78, 5) is 32.0. The third-order valence-corrected chi connectivity index (χ3v) is 6.59. The molecular weight excluding hydrogens is 418 g/mol. The number of fused-ring (bicyclic) bond motifs is 1. The van der Waals surface area contributed by atoms with Crippen molar-refractivity contribution in [3.05, 3.63) is 95.0 Å². The first-order valence-electron chi connectivity index (χ1n) is 10.4. The Labute approximate surface area is 191 Å². The summed E-state index contributed by atoms with van der Waals surface area (Å²) < 4.78 is 1.11. The van der Waals surface area contributed by atoms with E-state index in [2.05, 4.69) is 5.32 Å². The second kappa shape index (κ2) is 8.93. The minimum absolute atomic E-state index is 0.0761. The van der Waals surface area contributed by atoms with Gasteiger partial charge in [-0.25, -0.2) is 4.98 Å². The fraction of sp³-hybridized carbons (Fsp3) is 0.192. The molecule has 32 heavy (non-hydrogen) atoms. The van der Waals surface area contributed by atoms with Gasteiger partial charge in [-0.15, -0.1) is 11.3 Å². The topological polar surface area (TPSA) is 62.3 Å². The Morgan fingerprint density at radius 1 is 0.938 bits per heavy atom. The second-order valence-electron chi connectivity index (χ2n) is 8.18. The van der Waals surface area contributed by atoms with E-state index in [0.717, 1.165) is 20.8 Å². The van der Waals surface area contributed by atoms with Gasteiger partial charge in [-0.05, 0) is 48.9 Å². The van der Waals surface area contributed by atoms with Crippen LogP contribution in [0.3, 0.4) is 0 Å². The average Bonchev–Trinajstić information content (AvgIpc) is 3.21. The van der Waals surface area contributed by atoms with Crippen LogP contribution in [0.2, 0.25) is 0 Å². The van der Waals surface area contributed by atoms with Gasteiger partial charge in [-0.3, -0.25) is 9.59 Å². The molecular formula is C26H25N3O2S. The van der Waals surface area contributed by atoms with E-state index in [4.69, 9.17) is 4.98 Å². The number of aromatic nitrogens is 1. The molecule has 0 saturated carbocycles. The number of benzene rings is 3. The molecule has 2 amide bonds. The average molecular weight is 444 g/mol. The van der Waals surface area contributed by atoms with Crippen molar-refractivity contribution in [3.63, 3.8) is 0 Å². The number of anilines is 1. The first-order valence-corrected chi connectivity index (χ1v) is 11.2. The number of amides is 2. The predicted octanol–water partition coefficient (Wildman–Crippen LogP) is 5.14. The lowest BCUT2D eigenvalue weighted by atomic mass is 9.78. The minimum Gasteiger partial charge on any atom is -0.345 e. The maximum absolute atomic E-state index is 13.6. The lowest BCUT2D eigenvalue weighted by Gasteiger charge is -2.28. The number of hydrogen-bond donors (Lipinski definition) is 1. The smallest absolute Gasteiger partial charge is 0.253 e. The van der Waals surface area contributed by atoms with E-state index in [1.807, 2.05) is 61.5 Å². The number of carbonyl (C=O) groups excluding carboxylic acids is 2. The number of carbonyl (C=O) groups is 2. The summed E-state index contributed by atoms with van der Waals surface area (Å²) in [6.45, 7) is 1.95. The highest BCUT2D eigenvalue weighted by Gasteiger charge is 2.36. The van der Waals surface area contributed by atoms with Crippen LogP contribution in [0.1, 0.15) is 27.9 Å². The number of hydrogen-bond acceptors (Lipinski definition) is 4. The Hall–Kier alpha value is -3.51. The van der Waals surface area contributed by atoms with Gasteiger partial charge in [0.25, 0.3) is 5.91 Å². The van der Waals surface area contributed by atoms with Crippen LogP contribution in [0.4, 0.5) is 5.69 Å². The number of rotatable bonds is 6. The highest BCUT2D eigenvalue weighted by molar-refractivity contribution is 7.18. The van der Waals surface area contributed by atoms with Crippen molar-refractivity contribution in [2.75, 3.05) is 19.4 Å². The summed E-state index contributed by atoms with van der Waals surface area (Å²) in [5, 5.41) is 3.96. The standard InChI is InChI=1S/C26H25N3O2S/c1-26(19-9-5-4-6-10-19,17-23-28-21-11-7-8-12-22(21)32-23)25(31)27-20-15-13-18(14-16-20)24(30)29(2)3/h4-16H,17H2,1-3H3,(H,27,31). The Morgan fingerprint density at radius 3 is 2.25 bits per heavy atom. The molecule has 4 rings (SSSR count). The van der Waals surface area contributed by atoms with E-state index in [9.17, 15) is 9.59 Å². The summed E-state index contributed by atoms with van der Waals surface area (Å²) in [5.41, 5.74) is 2.29. The molecule has 0 aliphatic carbocycles. The fourth-order valence-corrected chi connectivity index (χ4v) is 4.76. The Morgan fingerprint density at radius 2 is 1.59 bits per heavy atom. The fourth-order valence-electron chi connectivity index (χ4n) is 3.64. The Bertz CT molecular complexity index is 1220. The highest BCUT2D eigenvalue weighted by Crippen LogP contribution is 2.33. The molecule has 0 radical (unpaired) electrons. The number of para-hydroxylation sites is 1. The van der Waals surface area contributed by atoms with Crippen molar-refractivity contribution >= 4 is 39.1 Å². The molecule has 0 spiro atoms. The maximum Gasteiger partial charge on any atom is 0.253 e. The first kappa shape index (κ1) is 21.7. The van der Waals surface area contributed by atoms with E-state index in [1.54, 1.807) is 49.7 Å². The van der Waals surface area contributed by atoms with Crippen molar-refractivity contribution in [2.24, 2.45) is 0 Å². The number of nitrogens with one attached hydrogen (secondary N) is 1. The molecule has 5 nitrogen and oxygen atoms in total. The molecule has 162 valence electrons. The van der Waals surface area contributed by atoms with E-state index in [1.165, 1.54) is 4.90 Å². The van der Waals surface area contributed by atoms with Crippen LogP contribution in [-0.4, -0.2) is 35.8 Å². The molecule has 6 heteroatoms. The molecule has 4 aromatic rings. The summed E-state index contributed by atoms with van der Waals surface area (Å²) >= 11 is 1.62. The van der Waals surface area contributed by atoms with Gasteiger partial charge in [0.2, 0.25) is 5.91 Å². The molecule has 3 aromatic carbocycles. The van der Waals surface area contributed by atoms with Crippen molar-refractivity contribution in [1.82, 2.24) is 9.88 Å². The zero-order valence-electron chi connectivity index (χ0n) is 18.3. The van der Waals surface area contributed by atoms with Crippen molar-refractivity contribution < 1.29 is 9.59 Å². The zero-order chi connectivity index (χ0) is 22.7. The van der Waals surface area contributed by atoms with Gasteiger partial charge < -0.3 is 10.2 Å². The van der Waals surface area contributed by atoms with Crippen molar-refractivity contribution in [2.45, 2.75) is 18.8 Å². The maximum atomic E-state index is 13.6. The summed E-state index contributed by atoms with van der Waals surface area (Å²) in [5.74, 6) is -0.192. The number of nitrogens with zero attached hydrogens (tertiary/aromatic N) is 2. The normalized spacial score (nSPS) is 12.8. The Balaban J connectivity index is 1.62. The summed E-state index contributed by atoms with van der Waals surface area (Å²) in [6, 6.07) is 24.8. The molecule has 0 aliphatic heterocycles. The van der Waals surface area contributed by atoms with E-state index in [-0.39, 0.29) is 11.8 Å². The largest absolute Gasteiger partial charge is 0.345 e. The van der Waals surface area contributed by atoms with Gasteiger partial charge in [0.05, 0.1) is 20.6 Å². The molecule has 1 N–H and O–H groups in total. The second-order valence-corrected chi connectivity index (χ2v) is 9.30. The molecule has 0 saturated heterocycles. The van der Waals surface area contributed by atoms with Crippen LogP contribution < -0.4 is 5.32 Å². The molecule has 1 atom stereocenters. The third-order valence-electron chi connectivity index (χ3n) is 5.55. The quantitative estimate of drug-likeness (QED) is 0.449. The van der Waals surface area contributed by atoms with Gasteiger partial charge in [0.15, 0.2) is 0 Å². The predicted molar refractivity (Wildman–Crippen MR) is 130 cm³/mol. The SMILES string of the molecule is CN(C)C(=O)c1ccc(NC(=O)C(C)(Cc2nc3ccccc3s2)c2ccccc2)cc1. The molecule has 0 aliphatic rings. The van der Waals surface area contributed by atoms with Gasteiger partial charge in [-0.1, -0.05) is 42.5 Å². The molecule has 0 fully saturated rings. The zero-order valence-corrected chi connectivity index (χ0v) is 19.1. The summed E-state index contributed by atoms with van der Waals surface area (Å²) in [7, 11) is 3.43. The molecule has 1 unspecified atom stereocenters. The first-order chi connectivity index (χ1) is 15.4. The van der Waals surface area contributed by atoms with Crippen LogP contribution in [0, 0.1) is 0 Å². The van der Waals surface area contributed by atoms with Crippen LogP contribution in [0.25, 0.3) is 10.2 Å². The molecule has 1 heterocycles. The lowest BCUT2D eigenvalue weighted by Crippen LogP contribution is -2.39. The Kier molecular flexibility index (Phi) is 6.06. The molecule has 1 aromatic heterocycles. The highest BCUT2D eigenvalue weighted by atomic mass is 32.1. The van der Waals surface area contributed by atoms with E-state index < -0.39 is 5.41 Å². The van der Waals surface area contributed by atoms with Gasteiger partial charge in [-0.2, -0.15) is 0 Å². The van der Waals surface area contributed by atoms with E-state index >= 15 is 0 Å².